The molecular formula is C26H31F3N6O4S. The van der Waals surface area contributed by atoms with E-state index in [0.29, 0.717) is 44.2 Å². The lowest BCUT2D eigenvalue weighted by Crippen LogP contribution is -2.69. The molecule has 14 heteroatoms. The number of nitrogens with zero attached hydrogens (tertiary/aromatic N) is 5. The van der Waals surface area contributed by atoms with E-state index in [0.717, 1.165) is 69.0 Å². The number of halogens is 3. The summed E-state index contributed by atoms with van der Waals surface area (Å²) in [5.74, 6) is 1.63. The number of urea groups is 1. The second-order valence-corrected chi connectivity index (χ2v) is 14.7. The maximum Gasteiger partial charge on any atom is 0.501 e. The van der Waals surface area contributed by atoms with Crippen molar-refractivity contribution in [3.05, 3.63) is 41.5 Å². The summed E-state index contributed by atoms with van der Waals surface area (Å²) in [6, 6.07) is 4.97. The van der Waals surface area contributed by atoms with E-state index in [1.807, 2.05) is 9.80 Å². The number of amides is 2. The van der Waals surface area contributed by atoms with E-state index in [2.05, 4.69) is 20.1 Å². The quantitative estimate of drug-likeness (QED) is 0.558. The molecule has 10 nitrogen and oxygen atoms in total. The first-order valence-corrected chi connectivity index (χ1v) is 15.1. The molecule has 0 atom stereocenters. The largest absolute Gasteiger partial charge is 0.501 e. The standard InChI is InChI=1S/C26H31F3N6O4S/c27-26(28,29)40(38,39)19-3-1-17(2-4-19)11-33-8-7-23(12-33)13-34(14-23)22(36)35-15-24(16-35)9-18(10-24)20-30-21(32-31-20)25(37)5-6-25/h1-4,18,37H,5-16H2,(H,30,31,32). The summed E-state index contributed by atoms with van der Waals surface area (Å²) in [5, 5.41) is 17.4. The van der Waals surface area contributed by atoms with Crippen LogP contribution in [0.5, 0.6) is 0 Å². The predicted octanol–water partition coefficient (Wildman–Crippen LogP) is 2.59. The number of benzene rings is 1. The highest BCUT2D eigenvalue weighted by Crippen LogP contribution is 2.56. The van der Waals surface area contributed by atoms with Crippen molar-refractivity contribution in [2.24, 2.45) is 10.8 Å². The molecule has 3 aliphatic heterocycles. The topological polar surface area (TPSA) is 123 Å². The monoisotopic (exact) mass is 580 g/mol. The van der Waals surface area contributed by atoms with Crippen molar-refractivity contribution in [3.63, 3.8) is 0 Å². The molecule has 40 heavy (non-hydrogen) atoms. The fourth-order valence-corrected chi connectivity index (χ4v) is 7.79. The first kappa shape index (κ1) is 26.2. The summed E-state index contributed by atoms with van der Waals surface area (Å²) in [6.07, 6.45) is 4.29. The van der Waals surface area contributed by atoms with Crippen LogP contribution in [0.1, 0.15) is 55.2 Å². The van der Waals surface area contributed by atoms with Crippen molar-refractivity contribution >= 4 is 15.9 Å². The number of aliphatic hydroxyl groups is 1. The van der Waals surface area contributed by atoms with Crippen molar-refractivity contribution in [2.75, 3.05) is 39.3 Å². The van der Waals surface area contributed by atoms with Gasteiger partial charge in [-0.25, -0.2) is 18.2 Å². The third kappa shape index (κ3) is 4.21. The maximum atomic E-state index is 13.1. The zero-order valence-corrected chi connectivity index (χ0v) is 22.6. The number of carbonyl (C=O) groups is 1. The number of hydrogen-bond acceptors (Lipinski definition) is 7. The Labute approximate surface area is 229 Å². The fraction of sp³-hybridized carbons (Fsp3) is 0.654. The van der Waals surface area contributed by atoms with E-state index in [-0.39, 0.29) is 16.9 Å². The van der Waals surface area contributed by atoms with Crippen molar-refractivity contribution in [1.82, 2.24) is 29.9 Å². The molecule has 1 aromatic heterocycles. The van der Waals surface area contributed by atoms with Crippen LogP contribution >= 0.6 is 0 Å². The minimum Gasteiger partial charge on any atom is -0.382 e. The number of sulfone groups is 1. The van der Waals surface area contributed by atoms with Gasteiger partial charge in [-0.15, -0.1) is 0 Å². The molecule has 2 aromatic rings. The van der Waals surface area contributed by atoms with Crippen molar-refractivity contribution in [3.8, 4) is 0 Å². The van der Waals surface area contributed by atoms with E-state index in [1.54, 1.807) is 0 Å². The lowest BCUT2D eigenvalue weighted by Gasteiger charge is -2.60. The molecule has 5 aliphatic rings. The smallest absolute Gasteiger partial charge is 0.382 e. The Balaban J connectivity index is 0.862. The summed E-state index contributed by atoms with van der Waals surface area (Å²) in [5.41, 5.74) is -5.21. The summed E-state index contributed by atoms with van der Waals surface area (Å²) in [6.45, 7) is 5.02. The number of H-pyrrole nitrogens is 1. The third-order valence-corrected chi connectivity index (χ3v) is 11.0. The predicted molar refractivity (Wildman–Crippen MR) is 134 cm³/mol. The van der Waals surface area contributed by atoms with Crippen LogP contribution < -0.4 is 0 Å². The third-order valence-electron chi connectivity index (χ3n) is 9.50. The number of hydrogen-bond donors (Lipinski definition) is 2. The molecule has 4 heterocycles. The van der Waals surface area contributed by atoms with Crippen LogP contribution in [0.25, 0.3) is 0 Å². The normalized spacial score (nSPS) is 25.1. The highest BCUT2D eigenvalue weighted by atomic mass is 32.2. The number of likely N-dealkylation sites (tertiary alicyclic amines) is 3. The van der Waals surface area contributed by atoms with Gasteiger partial charge in [-0.3, -0.25) is 10.00 Å². The molecule has 2 spiro atoms. The van der Waals surface area contributed by atoms with Gasteiger partial charge in [0.2, 0.25) is 0 Å². The number of aromatic nitrogens is 3. The lowest BCUT2D eigenvalue weighted by molar-refractivity contribution is -0.0698. The van der Waals surface area contributed by atoms with Crippen LogP contribution in [0.3, 0.4) is 0 Å². The summed E-state index contributed by atoms with van der Waals surface area (Å²) >= 11 is 0. The van der Waals surface area contributed by atoms with Crippen LogP contribution in [0.4, 0.5) is 18.0 Å². The minimum atomic E-state index is -5.35. The van der Waals surface area contributed by atoms with Crippen LogP contribution in [-0.2, 0) is 22.0 Å². The molecule has 5 fully saturated rings. The van der Waals surface area contributed by atoms with Gasteiger partial charge in [-0.1, -0.05) is 12.1 Å². The van der Waals surface area contributed by atoms with Crippen molar-refractivity contribution in [2.45, 2.75) is 60.6 Å². The van der Waals surface area contributed by atoms with Gasteiger partial charge >= 0.3 is 11.5 Å². The van der Waals surface area contributed by atoms with E-state index in [4.69, 9.17) is 0 Å². The summed E-state index contributed by atoms with van der Waals surface area (Å²) in [7, 11) is -5.35. The Morgan fingerprint density at radius 1 is 1.00 bits per heavy atom. The fourth-order valence-electron chi connectivity index (χ4n) is 7.03. The number of alkyl halides is 3. The van der Waals surface area contributed by atoms with Gasteiger partial charge in [0, 0.05) is 56.0 Å². The molecule has 0 bridgehead atoms. The van der Waals surface area contributed by atoms with Crippen LogP contribution in [0, 0.1) is 10.8 Å². The molecule has 0 radical (unpaired) electrons. The molecule has 0 unspecified atom stereocenters. The molecule has 7 rings (SSSR count). The van der Waals surface area contributed by atoms with Crippen molar-refractivity contribution < 1.29 is 31.5 Å². The zero-order chi connectivity index (χ0) is 28.1. The van der Waals surface area contributed by atoms with Crippen LogP contribution in [0.2, 0.25) is 0 Å². The zero-order valence-electron chi connectivity index (χ0n) is 21.8. The van der Waals surface area contributed by atoms with Crippen LogP contribution in [0.15, 0.2) is 29.2 Å². The Morgan fingerprint density at radius 3 is 2.23 bits per heavy atom. The Hall–Kier alpha value is -2.71. The average molecular weight is 581 g/mol. The molecule has 3 saturated heterocycles. The molecule has 2 aliphatic carbocycles. The molecule has 2 amide bonds. The first-order chi connectivity index (χ1) is 18.8. The second kappa shape index (κ2) is 8.41. The summed E-state index contributed by atoms with van der Waals surface area (Å²) < 4.78 is 61.5. The van der Waals surface area contributed by atoms with Crippen molar-refractivity contribution in [1.29, 1.82) is 0 Å². The van der Waals surface area contributed by atoms with E-state index < -0.39 is 25.8 Å². The van der Waals surface area contributed by atoms with Gasteiger partial charge in [-0.2, -0.15) is 18.3 Å². The van der Waals surface area contributed by atoms with E-state index >= 15 is 0 Å². The average Bonchev–Trinajstić information content (AvgIpc) is 3.22. The number of nitrogens with one attached hydrogen (secondary N) is 1. The number of aromatic amines is 1. The molecule has 1 aromatic carbocycles. The summed E-state index contributed by atoms with van der Waals surface area (Å²) in [4.78, 5) is 22.9. The van der Waals surface area contributed by atoms with Gasteiger partial charge in [0.1, 0.15) is 11.4 Å². The second-order valence-electron chi connectivity index (χ2n) is 12.7. The lowest BCUT2D eigenvalue weighted by atomic mass is 9.57. The number of rotatable bonds is 5. The Bertz CT molecular complexity index is 1440. The SMILES string of the molecule is O=C(N1CC2(CC(c3nc(C4(O)CC4)n[nH]3)C2)C1)N1CC2(CCN(Cc3ccc(S(=O)(=O)C(F)(F)F)cc3)C2)C1. The first-order valence-electron chi connectivity index (χ1n) is 13.6. The van der Waals surface area contributed by atoms with Gasteiger partial charge in [0.05, 0.1) is 4.90 Å². The van der Waals surface area contributed by atoms with E-state index in [1.165, 1.54) is 12.1 Å². The van der Waals surface area contributed by atoms with Gasteiger partial charge in [0.15, 0.2) is 5.82 Å². The molecule has 216 valence electrons. The Kier molecular flexibility index (Phi) is 5.51. The van der Waals surface area contributed by atoms with Crippen LogP contribution in [-0.4, -0.2) is 94.2 Å². The maximum absolute atomic E-state index is 13.1. The minimum absolute atomic E-state index is 0.0367. The van der Waals surface area contributed by atoms with Gasteiger partial charge in [0.25, 0.3) is 9.84 Å². The van der Waals surface area contributed by atoms with E-state index in [9.17, 15) is 31.5 Å². The number of carbonyl (C=O) groups excluding carboxylic acids is 1. The highest BCUT2D eigenvalue weighted by molar-refractivity contribution is 7.92. The Morgan fingerprint density at radius 2 is 1.62 bits per heavy atom. The van der Waals surface area contributed by atoms with Gasteiger partial charge in [-0.05, 0) is 56.3 Å². The highest BCUT2D eigenvalue weighted by Gasteiger charge is 2.58. The molecular weight excluding hydrogens is 549 g/mol. The molecule has 2 saturated carbocycles. The molecule has 2 N–H and O–H groups in total. The van der Waals surface area contributed by atoms with Gasteiger partial charge < -0.3 is 14.9 Å².